The quantitative estimate of drug-likeness (QED) is 0.830. The molecule has 0 unspecified atom stereocenters. The number of nitrogens with zero attached hydrogens (tertiary/aromatic N) is 2. The van der Waals surface area contributed by atoms with Gasteiger partial charge >= 0.3 is 0 Å². The van der Waals surface area contributed by atoms with Crippen LogP contribution in [0.1, 0.15) is 19.4 Å². The van der Waals surface area contributed by atoms with Crippen molar-refractivity contribution in [1.29, 1.82) is 0 Å². The molecule has 4 heteroatoms. The van der Waals surface area contributed by atoms with Gasteiger partial charge in [-0.25, -0.2) is 0 Å². The van der Waals surface area contributed by atoms with E-state index < -0.39 is 0 Å². The molecule has 0 aliphatic carbocycles. The maximum atomic E-state index is 6.13. The molecule has 0 atom stereocenters. The Balaban J connectivity index is 2.80. The van der Waals surface area contributed by atoms with Crippen molar-refractivity contribution < 1.29 is 0 Å². The minimum atomic E-state index is 0.482. The molecule has 0 aliphatic heterocycles. The van der Waals surface area contributed by atoms with E-state index >= 15 is 0 Å². The second-order valence-electron chi connectivity index (χ2n) is 5.53. The lowest BCUT2D eigenvalue weighted by Crippen LogP contribution is -2.30. The highest BCUT2D eigenvalue weighted by Gasteiger charge is 2.09. The van der Waals surface area contributed by atoms with Gasteiger partial charge in [0.25, 0.3) is 0 Å². The van der Waals surface area contributed by atoms with Crippen LogP contribution in [-0.2, 0) is 6.54 Å². The van der Waals surface area contributed by atoms with Crippen molar-refractivity contribution in [2.75, 3.05) is 39.1 Å². The van der Waals surface area contributed by atoms with Gasteiger partial charge in [-0.15, -0.1) is 0 Å². The Bertz CT molecular complexity index is 391. The maximum Gasteiger partial charge on any atom is 0.0426 e. The third kappa shape index (κ3) is 5.81. The average molecular weight is 284 g/mol. The highest BCUT2D eigenvalue weighted by atomic mass is 35.5. The van der Waals surface area contributed by atoms with Crippen LogP contribution in [0, 0.1) is 0 Å². The average Bonchev–Trinajstić information content (AvgIpc) is 2.34. The molecule has 3 nitrogen and oxygen atoms in total. The Morgan fingerprint density at radius 3 is 2.42 bits per heavy atom. The first-order valence-electron chi connectivity index (χ1n) is 6.78. The molecule has 0 radical (unpaired) electrons. The third-order valence-electron chi connectivity index (χ3n) is 3.04. The summed E-state index contributed by atoms with van der Waals surface area (Å²) in [6.45, 7) is 7.20. The van der Waals surface area contributed by atoms with Crippen LogP contribution in [0.25, 0.3) is 0 Å². The Kier molecular flexibility index (Phi) is 6.63. The predicted octanol–water partition coefficient (Wildman–Crippen LogP) is 2.84. The van der Waals surface area contributed by atoms with E-state index in [1.54, 1.807) is 0 Å². The van der Waals surface area contributed by atoms with Crippen molar-refractivity contribution >= 4 is 17.3 Å². The number of likely N-dealkylation sites (N-methyl/N-ethyl adjacent to an activating group) is 2. The van der Waals surface area contributed by atoms with E-state index in [2.05, 4.69) is 62.2 Å². The van der Waals surface area contributed by atoms with E-state index in [4.69, 9.17) is 11.6 Å². The van der Waals surface area contributed by atoms with Gasteiger partial charge in [0, 0.05) is 43.4 Å². The highest BCUT2D eigenvalue weighted by Crippen LogP contribution is 2.24. The zero-order chi connectivity index (χ0) is 14.4. The van der Waals surface area contributed by atoms with Crippen LogP contribution in [0.5, 0.6) is 0 Å². The van der Waals surface area contributed by atoms with Gasteiger partial charge in [-0.3, -0.25) is 0 Å². The summed E-state index contributed by atoms with van der Waals surface area (Å²) in [5, 5.41) is 4.25. The number of hydrogen-bond acceptors (Lipinski definition) is 3. The molecule has 108 valence electrons. The van der Waals surface area contributed by atoms with Crippen molar-refractivity contribution in [2.45, 2.75) is 26.4 Å². The van der Waals surface area contributed by atoms with Gasteiger partial charge in [0.15, 0.2) is 0 Å². The van der Waals surface area contributed by atoms with Crippen molar-refractivity contribution in [3.8, 4) is 0 Å². The van der Waals surface area contributed by atoms with Gasteiger partial charge < -0.3 is 15.1 Å². The Morgan fingerprint density at radius 2 is 1.84 bits per heavy atom. The van der Waals surface area contributed by atoms with E-state index in [0.29, 0.717) is 6.04 Å². The van der Waals surface area contributed by atoms with Gasteiger partial charge in [-0.2, -0.15) is 0 Å². The summed E-state index contributed by atoms with van der Waals surface area (Å²) in [7, 11) is 6.30. The Hall–Kier alpha value is -0.770. The number of anilines is 1. The summed E-state index contributed by atoms with van der Waals surface area (Å²) < 4.78 is 0. The molecule has 1 N–H and O–H groups in total. The first-order valence-corrected chi connectivity index (χ1v) is 7.15. The predicted molar refractivity (Wildman–Crippen MR) is 85.3 cm³/mol. The second kappa shape index (κ2) is 7.73. The maximum absolute atomic E-state index is 6.13. The molecule has 0 amide bonds. The SMILES string of the molecule is CC(C)NCc1ccc(Cl)cc1N(C)CCN(C)C. The fourth-order valence-electron chi connectivity index (χ4n) is 1.83. The monoisotopic (exact) mass is 283 g/mol. The number of nitrogens with one attached hydrogen (secondary N) is 1. The largest absolute Gasteiger partial charge is 0.373 e. The molecule has 0 spiro atoms. The first kappa shape index (κ1) is 16.3. The molecule has 19 heavy (non-hydrogen) atoms. The lowest BCUT2D eigenvalue weighted by atomic mass is 10.1. The Labute approximate surface area is 122 Å². The molecule has 0 bridgehead atoms. The second-order valence-corrected chi connectivity index (χ2v) is 5.97. The minimum Gasteiger partial charge on any atom is -0.373 e. The molecule has 0 aliphatic rings. The van der Waals surface area contributed by atoms with Crippen LogP contribution in [0.2, 0.25) is 5.02 Å². The molecular weight excluding hydrogens is 258 g/mol. The molecule has 0 aromatic heterocycles. The summed E-state index contributed by atoms with van der Waals surface area (Å²) in [5.74, 6) is 0. The molecular formula is C15H26ClN3. The van der Waals surface area contributed by atoms with Crippen LogP contribution in [0.15, 0.2) is 18.2 Å². The lowest BCUT2D eigenvalue weighted by Gasteiger charge is -2.25. The van der Waals surface area contributed by atoms with E-state index in [-0.39, 0.29) is 0 Å². The van der Waals surface area contributed by atoms with Crippen LogP contribution >= 0.6 is 11.6 Å². The lowest BCUT2D eigenvalue weighted by molar-refractivity contribution is 0.416. The van der Waals surface area contributed by atoms with E-state index in [9.17, 15) is 0 Å². The number of hydrogen-bond donors (Lipinski definition) is 1. The molecule has 1 rings (SSSR count). The highest BCUT2D eigenvalue weighted by molar-refractivity contribution is 6.30. The zero-order valence-electron chi connectivity index (χ0n) is 12.7. The summed E-state index contributed by atoms with van der Waals surface area (Å²) in [4.78, 5) is 4.45. The molecule has 0 fully saturated rings. The molecule has 1 aromatic rings. The normalized spacial score (nSPS) is 11.4. The van der Waals surface area contributed by atoms with Crippen molar-refractivity contribution in [2.24, 2.45) is 0 Å². The fraction of sp³-hybridized carbons (Fsp3) is 0.600. The van der Waals surface area contributed by atoms with Gasteiger partial charge in [-0.1, -0.05) is 31.5 Å². The molecule has 1 aromatic carbocycles. The van der Waals surface area contributed by atoms with Crippen LogP contribution < -0.4 is 10.2 Å². The van der Waals surface area contributed by atoms with Crippen LogP contribution in [0.4, 0.5) is 5.69 Å². The summed E-state index contributed by atoms with van der Waals surface area (Å²) >= 11 is 6.13. The van der Waals surface area contributed by atoms with Gasteiger partial charge in [0.1, 0.15) is 0 Å². The minimum absolute atomic E-state index is 0.482. The number of benzene rings is 1. The molecule has 0 heterocycles. The first-order chi connectivity index (χ1) is 8.90. The van der Waals surface area contributed by atoms with Crippen molar-refractivity contribution in [1.82, 2.24) is 10.2 Å². The smallest absolute Gasteiger partial charge is 0.0426 e. The van der Waals surface area contributed by atoms with E-state index in [1.807, 2.05) is 6.07 Å². The zero-order valence-corrected chi connectivity index (χ0v) is 13.5. The van der Waals surface area contributed by atoms with Crippen molar-refractivity contribution in [3.05, 3.63) is 28.8 Å². The third-order valence-corrected chi connectivity index (χ3v) is 3.28. The number of halogens is 1. The Morgan fingerprint density at radius 1 is 1.16 bits per heavy atom. The van der Waals surface area contributed by atoms with Gasteiger partial charge in [-0.05, 0) is 31.8 Å². The van der Waals surface area contributed by atoms with E-state index in [1.165, 1.54) is 11.3 Å². The van der Waals surface area contributed by atoms with Crippen LogP contribution in [0.3, 0.4) is 0 Å². The van der Waals surface area contributed by atoms with Crippen molar-refractivity contribution in [3.63, 3.8) is 0 Å². The molecule has 0 saturated carbocycles. The van der Waals surface area contributed by atoms with E-state index in [0.717, 1.165) is 24.7 Å². The molecule has 0 saturated heterocycles. The summed E-state index contributed by atoms with van der Waals surface area (Å²) in [5.41, 5.74) is 2.50. The summed E-state index contributed by atoms with van der Waals surface area (Å²) in [6, 6.07) is 6.60. The number of rotatable bonds is 7. The van der Waals surface area contributed by atoms with Gasteiger partial charge in [0.2, 0.25) is 0 Å². The standard InChI is InChI=1S/C15H26ClN3/c1-12(2)17-11-13-6-7-14(16)10-15(13)19(5)9-8-18(3)4/h6-7,10,12,17H,8-9,11H2,1-5H3. The fourth-order valence-corrected chi connectivity index (χ4v) is 1.99. The summed E-state index contributed by atoms with van der Waals surface area (Å²) in [6.07, 6.45) is 0. The van der Waals surface area contributed by atoms with Crippen LogP contribution in [-0.4, -0.2) is 45.2 Å². The van der Waals surface area contributed by atoms with Gasteiger partial charge in [0.05, 0.1) is 0 Å². The topological polar surface area (TPSA) is 18.5 Å².